The maximum atomic E-state index is 13.0. The predicted molar refractivity (Wildman–Crippen MR) is 77.3 cm³/mol. The second-order valence-corrected chi connectivity index (χ2v) is 6.20. The first-order valence-electron chi connectivity index (χ1n) is 6.37. The van der Waals surface area contributed by atoms with Crippen LogP contribution in [0.2, 0.25) is 0 Å². The van der Waals surface area contributed by atoms with Gasteiger partial charge in [-0.1, -0.05) is 30.8 Å². The largest absolute Gasteiger partial charge is 0.465 e. The molecule has 0 aromatic heterocycles. The minimum absolute atomic E-state index is 0.0351. The third kappa shape index (κ3) is 5.10. The summed E-state index contributed by atoms with van der Waals surface area (Å²) < 4.78 is 64.0. The standard InChI is InChI=1S/C14H14F2O7S/c1-9(2)12(17)22-7-10-3-5-11(6-4-10)8-23-13(18)14(15,16)24(19,20)21/h3-6H,1,7-8H2,2H3,(H,19,20,21). The molecular formula is C14H14F2O7S. The highest BCUT2D eigenvalue weighted by Gasteiger charge is 2.54. The van der Waals surface area contributed by atoms with Gasteiger partial charge in [-0.2, -0.15) is 17.2 Å². The average Bonchev–Trinajstić information content (AvgIpc) is 2.49. The van der Waals surface area contributed by atoms with Gasteiger partial charge in [0.05, 0.1) is 0 Å². The highest BCUT2D eigenvalue weighted by Crippen LogP contribution is 2.22. The Morgan fingerprint density at radius 1 is 1.12 bits per heavy atom. The molecule has 1 aromatic rings. The number of ether oxygens (including phenoxy) is 2. The van der Waals surface area contributed by atoms with Crippen LogP contribution in [0.25, 0.3) is 0 Å². The van der Waals surface area contributed by atoms with Gasteiger partial charge >= 0.3 is 27.3 Å². The number of carbonyl (C=O) groups excluding carboxylic acids is 2. The Bertz CT molecular complexity index is 739. The molecule has 0 saturated carbocycles. The van der Waals surface area contributed by atoms with Crippen molar-refractivity contribution in [1.29, 1.82) is 0 Å². The maximum Gasteiger partial charge on any atom is 0.465 e. The van der Waals surface area contributed by atoms with Crippen molar-refractivity contribution in [3.63, 3.8) is 0 Å². The van der Waals surface area contributed by atoms with E-state index in [9.17, 15) is 26.8 Å². The van der Waals surface area contributed by atoms with Crippen LogP contribution in [0.3, 0.4) is 0 Å². The van der Waals surface area contributed by atoms with Gasteiger partial charge in [0, 0.05) is 5.57 Å². The van der Waals surface area contributed by atoms with E-state index >= 15 is 0 Å². The van der Waals surface area contributed by atoms with Gasteiger partial charge < -0.3 is 9.47 Å². The summed E-state index contributed by atoms with van der Waals surface area (Å²) in [7, 11) is -5.90. The fourth-order valence-electron chi connectivity index (χ4n) is 1.34. The minimum Gasteiger partial charge on any atom is -0.457 e. The molecule has 10 heteroatoms. The van der Waals surface area contributed by atoms with Crippen LogP contribution in [-0.4, -0.2) is 30.2 Å². The first-order valence-corrected chi connectivity index (χ1v) is 7.81. The normalized spacial score (nSPS) is 11.7. The molecule has 1 rings (SSSR count). The van der Waals surface area contributed by atoms with E-state index in [1.165, 1.54) is 31.2 Å². The van der Waals surface area contributed by atoms with E-state index in [4.69, 9.17) is 9.29 Å². The van der Waals surface area contributed by atoms with Crippen molar-refractivity contribution in [2.45, 2.75) is 25.4 Å². The lowest BCUT2D eigenvalue weighted by Gasteiger charge is -2.12. The van der Waals surface area contributed by atoms with E-state index < -0.39 is 33.9 Å². The molecule has 0 amide bonds. The highest BCUT2D eigenvalue weighted by atomic mass is 32.2. The Hall–Kier alpha value is -2.33. The van der Waals surface area contributed by atoms with Gasteiger partial charge in [-0.25, -0.2) is 9.59 Å². The number of carbonyl (C=O) groups is 2. The fourth-order valence-corrected chi connectivity index (χ4v) is 1.61. The van der Waals surface area contributed by atoms with Crippen LogP contribution in [0.1, 0.15) is 18.1 Å². The maximum absolute atomic E-state index is 13.0. The van der Waals surface area contributed by atoms with Crippen molar-refractivity contribution in [1.82, 2.24) is 0 Å². The first-order chi connectivity index (χ1) is 10.9. The van der Waals surface area contributed by atoms with Gasteiger partial charge in [0.2, 0.25) is 0 Å². The summed E-state index contributed by atoms with van der Waals surface area (Å²) in [6.07, 6.45) is 0. The Kier molecular flexibility index (Phi) is 6.16. The molecule has 0 heterocycles. The summed E-state index contributed by atoms with van der Waals surface area (Å²) >= 11 is 0. The molecule has 0 unspecified atom stereocenters. The first kappa shape index (κ1) is 19.7. The van der Waals surface area contributed by atoms with Gasteiger partial charge in [-0.05, 0) is 18.1 Å². The second-order valence-electron chi connectivity index (χ2n) is 4.74. The monoisotopic (exact) mass is 364 g/mol. The van der Waals surface area contributed by atoms with Crippen LogP contribution >= 0.6 is 0 Å². The molecule has 0 atom stereocenters. The Labute approximate surface area is 136 Å². The number of hydrogen-bond acceptors (Lipinski definition) is 6. The molecule has 0 aliphatic heterocycles. The third-order valence-electron chi connectivity index (χ3n) is 2.67. The second kappa shape index (κ2) is 7.49. The zero-order valence-corrected chi connectivity index (χ0v) is 13.3. The lowest BCUT2D eigenvalue weighted by molar-refractivity contribution is -0.162. The van der Waals surface area contributed by atoms with Crippen molar-refractivity contribution < 1.29 is 40.8 Å². The zero-order chi connectivity index (χ0) is 18.5. The Morgan fingerprint density at radius 2 is 1.54 bits per heavy atom. The third-order valence-corrected chi connectivity index (χ3v) is 3.49. The molecule has 1 N–H and O–H groups in total. The quantitative estimate of drug-likeness (QED) is 0.447. The van der Waals surface area contributed by atoms with E-state index in [0.717, 1.165) is 0 Å². The number of rotatable bonds is 7. The van der Waals surface area contributed by atoms with Crippen molar-refractivity contribution >= 4 is 22.1 Å². The molecule has 0 saturated heterocycles. The van der Waals surface area contributed by atoms with E-state index in [1.54, 1.807) is 0 Å². The molecule has 0 aliphatic carbocycles. The van der Waals surface area contributed by atoms with Crippen LogP contribution in [0, 0.1) is 0 Å². The minimum atomic E-state index is -5.90. The lowest BCUT2D eigenvalue weighted by Crippen LogP contribution is -2.38. The van der Waals surface area contributed by atoms with E-state index in [0.29, 0.717) is 5.56 Å². The summed E-state index contributed by atoms with van der Waals surface area (Å²) in [5.41, 5.74) is 1.10. The predicted octanol–water partition coefficient (Wildman–Crippen LogP) is 1.83. The van der Waals surface area contributed by atoms with Crippen LogP contribution < -0.4 is 0 Å². The smallest absolute Gasteiger partial charge is 0.457 e. The molecule has 0 radical (unpaired) electrons. The van der Waals surface area contributed by atoms with E-state index in [-0.39, 0.29) is 17.7 Å². The van der Waals surface area contributed by atoms with E-state index in [2.05, 4.69) is 11.3 Å². The van der Waals surface area contributed by atoms with Crippen molar-refractivity contribution in [2.24, 2.45) is 0 Å². The fraction of sp³-hybridized carbons (Fsp3) is 0.286. The number of halogens is 2. The highest BCUT2D eigenvalue weighted by molar-refractivity contribution is 7.87. The van der Waals surface area contributed by atoms with Gasteiger partial charge in [-0.3, -0.25) is 4.55 Å². The Morgan fingerprint density at radius 3 is 1.92 bits per heavy atom. The van der Waals surface area contributed by atoms with Crippen LogP contribution in [0.4, 0.5) is 8.78 Å². The van der Waals surface area contributed by atoms with E-state index in [1.807, 2.05) is 0 Å². The molecule has 1 aromatic carbocycles. The van der Waals surface area contributed by atoms with Crippen LogP contribution in [0.15, 0.2) is 36.4 Å². The molecule has 0 fully saturated rings. The lowest BCUT2D eigenvalue weighted by atomic mass is 10.1. The summed E-state index contributed by atoms with van der Waals surface area (Å²) in [6, 6.07) is 5.80. The van der Waals surface area contributed by atoms with Gasteiger partial charge in [0.15, 0.2) is 0 Å². The molecular weight excluding hydrogens is 350 g/mol. The van der Waals surface area contributed by atoms with Crippen molar-refractivity contribution in [3.05, 3.63) is 47.5 Å². The number of alkyl halides is 2. The average molecular weight is 364 g/mol. The summed E-state index contributed by atoms with van der Waals surface area (Å²) in [5.74, 6) is -2.95. The van der Waals surface area contributed by atoms with Crippen LogP contribution in [0.5, 0.6) is 0 Å². The Balaban J connectivity index is 2.61. The molecule has 0 bridgehead atoms. The van der Waals surface area contributed by atoms with Crippen molar-refractivity contribution in [2.75, 3.05) is 0 Å². The number of esters is 2. The molecule has 24 heavy (non-hydrogen) atoms. The topological polar surface area (TPSA) is 107 Å². The zero-order valence-electron chi connectivity index (χ0n) is 12.5. The van der Waals surface area contributed by atoms with Crippen molar-refractivity contribution in [3.8, 4) is 0 Å². The summed E-state index contributed by atoms with van der Waals surface area (Å²) in [5, 5.41) is -5.04. The molecule has 132 valence electrons. The van der Waals surface area contributed by atoms with Gasteiger partial charge in [0.25, 0.3) is 0 Å². The summed E-state index contributed by atoms with van der Waals surface area (Å²) in [4.78, 5) is 22.2. The summed E-state index contributed by atoms with van der Waals surface area (Å²) in [6.45, 7) is 4.24. The number of benzene rings is 1. The molecule has 0 spiro atoms. The van der Waals surface area contributed by atoms with Crippen LogP contribution in [-0.2, 0) is 42.4 Å². The molecule has 7 nitrogen and oxygen atoms in total. The van der Waals surface area contributed by atoms with Gasteiger partial charge in [0.1, 0.15) is 13.2 Å². The van der Waals surface area contributed by atoms with Gasteiger partial charge in [-0.15, -0.1) is 0 Å². The SMILES string of the molecule is C=C(C)C(=O)OCc1ccc(COC(=O)C(F)(F)S(=O)(=O)O)cc1. The number of hydrogen-bond donors (Lipinski definition) is 1. The molecule has 0 aliphatic rings.